The molecule has 0 aliphatic carbocycles. The quantitative estimate of drug-likeness (QED) is 0.571. The van der Waals surface area contributed by atoms with Crippen molar-refractivity contribution in [2.75, 3.05) is 13.7 Å². The van der Waals surface area contributed by atoms with Crippen LogP contribution in [0.5, 0.6) is 11.5 Å². The van der Waals surface area contributed by atoms with Gasteiger partial charge < -0.3 is 9.47 Å². The molecule has 0 amide bonds. The molecule has 0 saturated carbocycles. The van der Waals surface area contributed by atoms with E-state index in [0.717, 1.165) is 11.8 Å². The zero-order valence-electron chi connectivity index (χ0n) is 10.5. The van der Waals surface area contributed by atoms with Gasteiger partial charge in [-0.25, -0.2) is 0 Å². The molecule has 0 saturated heterocycles. The van der Waals surface area contributed by atoms with Gasteiger partial charge in [0.2, 0.25) is 0 Å². The molecule has 0 bridgehead atoms. The number of hydrogen-bond donors (Lipinski definition) is 0. The summed E-state index contributed by atoms with van der Waals surface area (Å²) in [6.45, 7) is 1.89. The molecule has 1 aromatic rings. The Bertz CT molecular complexity index is 486. The predicted molar refractivity (Wildman–Crippen MR) is 68.4 cm³/mol. The highest BCUT2D eigenvalue weighted by molar-refractivity contribution is 5.81. The van der Waals surface area contributed by atoms with E-state index < -0.39 is 0 Å². The Hall–Kier alpha value is -2.28. The summed E-state index contributed by atoms with van der Waals surface area (Å²) in [6, 6.07) is 7.20. The number of rotatable bonds is 6. The second-order valence-corrected chi connectivity index (χ2v) is 3.55. The Morgan fingerprint density at radius 3 is 2.78 bits per heavy atom. The summed E-state index contributed by atoms with van der Waals surface area (Å²) in [7, 11) is 1.53. The number of hydrogen-bond acceptors (Lipinski definition) is 4. The van der Waals surface area contributed by atoms with Crippen molar-refractivity contribution in [1.29, 1.82) is 5.26 Å². The largest absolute Gasteiger partial charge is 0.493 e. The van der Waals surface area contributed by atoms with E-state index in [1.165, 1.54) is 7.11 Å². The maximum atomic E-state index is 10.7. The molecule has 0 spiro atoms. The SMILES string of the molecule is CCC(C=O)=Cc1ccc(OCC#N)c(OC)c1. The molecule has 0 N–H and O–H groups in total. The second kappa shape index (κ2) is 7.13. The maximum Gasteiger partial charge on any atom is 0.174 e. The summed E-state index contributed by atoms with van der Waals surface area (Å²) >= 11 is 0. The van der Waals surface area contributed by atoms with Crippen molar-refractivity contribution >= 4 is 12.4 Å². The van der Waals surface area contributed by atoms with E-state index in [0.29, 0.717) is 23.5 Å². The average molecular weight is 245 g/mol. The van der Waals surface area contributed by atoms with Crippen molar-refractivity contribution in [3.8, 4) is 17.6 Å². The Morgan fingerprint density at radius 2 is 2.22 bits per heavy atom. The Kier molecular flexibility index (Phi) is 5.46. The van der Waals surface area contributed by atoms with Gasteiger partial charge in [-0.2, -0.15) is 5.26 Å². The maximum absolute atomic E-state index is 10.7. The molecule has 0 heterocycles. The molecular formula is C14H15NO3. The van der Waals surface area contributed by atoms with Crippen LogP contribution in [-0.4, -0.2) is 20.0 Å². The van der Waals surface area contributed by atoms with Gasteiger partial charge in [0.05, 0.1) is 7.11 Å². The lowest BCUT2D eigenvalue weighted by molar-refractivity contribution is -0.104. The van der Waals surface area contributed by atoms with Crippen LogP contribution in [0.25, 0.3) is 6.08 Å². The van der Waals surface area contributed by atoms with E-state index in [1.807, 2.05) is 19.1 Å². The van der Waals surface area contributed by atoms with E-state index in [9.17, 15) is 4.79 Å². The molecule has 1 rings (SSSR count). The molecule has 4 nitrogen and oxygen atoms in total. The molecule has 0 radical (unpaired) electrons. The van der Waals surface area contributed by atoms with Gasteiger partial charge in [-0.15, -0.1) is 0 Å². The smallest absolute Gasteiger partial charge is 0.174 e. The van der Waals surface area contributed by atoms with Crippen LogP contribution in [0, 0.1) is 11.3 Å². The van der Waals surface area contributed by atoms with Gasteiger partial charge in [0, 0.05) is 0 Å². The van der Waals surface area contributed by atoms with Crippen molar-refractivity contribution in [2.45, 2.75) is 13.3 Å². The molecule has 18 heavy (non-hydrogen) atoms. The fourth-order valence-corrected chi connectivity index (χ4v) is 1.44. The molecule has 0 aliphatic heterocycles. The monoisotopic (exact) mass is 245 g/mol. The summed E-state index contributed by atoms with van der Waals surface area (Å²) in [4.78, 5) is 10.7. The van der Waals surface area contributed by atoms with Crippen LogP contribution >= 0.6 is 0 Å². The van der Waals surface area contributed by atoms with Crippen molar-refractivity contribution in [3.05, 3.63) is 29.3 Å². The van der Waals surface area contributed by atoms with Crippen LogP contribution in [-0.2, 0) is 4.79 Å². The number of methoxy groups -OCH3 is 1. The molecule has 94 valence electrons. The summed E-state index contributed by atoms with van der Waals surface area (Å²) < 4.78 is 10.4. The lowest BCUT2D eigenvalue weighted by atomic mass is 10.1. The first-order chi connectivity index (χ1) is 8.74. The number of nitrogens with zero attached hydrogens (tertiary/aromatic N) is 1. The molecule has 0 aliphatic rings. The van der Waals surface area contributed by atoms with Gasteiger partial charge in [0.25, 0.3) is 0 Å². The number of carbonyl (C=O) groups excluding carboxylic acids is 1. The van der Waals surface area contributed by atoms with Crippen LogP contribution in [0.2, 0.25) is 0 Å². The van der Waals surface area contributed by atoms with E-state index in [1.54, 1.807) is 18.2 Å². The number of allylic oxidation sites excluding steroid dienone is 1. The zero-order valence-corrected chi connectivity index (χ0v) is 10.5. The van der Waals surface area contributed by atoms with E-state index >= 15 is 0 Å². The molecule has 1 aromatic carbocycles. The fourth-order valence-electron chi connectivity index (χ4n) is 1.44. The van der Waals surface area contributed by atoms with E-state index in [-0.39, 0.29) is 6.61 Å². The molecule has 4 heteroatoms. The van der Waals surface area contributed by atoms with Crippen LogP contribution in [0.3, 0.4) is 0 Å². The minimum atomic E-state index is -0.0277. The van der Waals surface area contributed by atoms with Crippen LogP contribution in [0.15, 0.2) is 23.8 Å². The Labute approximate surface area is 106 Å². The first kappa shape index (κ1) is 13.8. The van der Waals surface area contributed by atoms with Crippen molar-refractivity contribution in [1.82, 2.24) is 0 Å². The van der Waals surface area contributed by atoms with Crippen molar-refractivity contribution in [3.63, 3.8) is 0 Å². The van der Waals surface area contributed by atoms with Gasteiger partial charge in [-0.1, -0.05) is 13.0 Å². The number of benzene rings is 1. The molecule has 0 unspecified atom stereocenters. The minimum Gasteiger partial charge on any atom is -0.493 e. The van der Waals surface area contributed by atoms with Crippen LogP contribution in [0.4, 0.5) is 0 Å². The summed E-state index contributed by atoms with van der Waals surface area (Å²) in [5.41, 5.74) is 1.57. The fraction of sp³-hybridized carbons (Fsp3) is 0.286. The number of aldehydes is 1. The average Bonchev–Trinajstić information content (AvgIpc) is 2.42. The molecule has 0 atom stereocenters. The summed E-state index contributed by atoms with van der Waals surface area (Å²) in [5.74, 6) is 1.06. The highest BCUT2D eigenvalue weighted by Crippen LogP contribution is 2.28. The predicted octanol–water partition coefficient (Wildman–Crippen LogP) is 2.59. The van der Waals surface area contributed by atoms with Crippen LogP contribution in [0.1, 0.15) is 18.9 Å². The lowest BCUT2D eigenvalue weighted by Crippen LogP contribution is -1.97. The summed E-state index contributed by atoms with van der Waals surface area (Å²) in [6.07, 6.45) is 3.31. The first-order valence-electron chi connectivity index (χ1n) is 5.58. The molecule has 0 fully saturated rings. The second-order valence-electron chi connectivity index (χ2n) is 3.55. The highest BCUT2D eigenvalue weighted by Gasteiger charge is 2.05. The van der Waals surface area contributed by atoms with Gasteiger partial charge in [0.15, 0.2) is 18.1 Å². The zero-order chi connectivity index (χ0) is 13.4. The number of nitriles is 1. The topological polar surface area (TPSA) is 59.3 Å². The normalized spacial score (nSPS) is 10.6. The number of carbonyl (C=O) groups is 1. The first-order valence-corrected chi connectivity index (χ1v) is 5.58. The van der Waals surface area contributed by atoms with Gasteiger partial charge in [-0.05, 0) is 35.8 Å². The Morgan fingerprint density at radius 1 is 1.44 bits per heavy atom. The van der Waals surface area contributed by atoms with Gasteiger partial charge in [-0.3, -0.25) is 4.79 Å². The third-order valence-electron chi connectivity index (χ3n) is 2.39. The van der Waals surface area contributed by atoms with Crippen molar-refractivity contribution < 1.29 is 14.3 Å². The molecule has 0 aromatic heterocycles. The molecular weight excluding hydrogens is 230 g/mol. The Balaban J connectivity index is 3.02. The van der Waals surface area contributed by atoms with E-state index in [2.05, 4.69) is 0 Å². The third kappa shape index (κ3) is 3.63. The third-order valence-corrected chi connectivity index (χ3v) is 2.39. The lowest BCUT2D eigenvalue weighted by Gasteiger charge is -2.09. The minimum absolute atomic E-state index is 0.0277. The number of ether oxygens (including phenoxy) is 2. The van der Waals surface area contributed by atoms with Crippen LogP contribution < -0.4 is 9.47 Å². The highest BCUT2D eigenvalue weighted by atomic mass is 16.5. The van der Waals surface area contributed by atoms with Gasteiger partial charge >= 0.3 is 0 Å². The standard InChI is InChI=1S/C14H15NO3/c1-3-11(10-16)8-12-4-5-13(18-7-6-15)14(9-12)17-2/h4-5,8-10H,3,7H2,1-2H3. The van der Waals surface area contributed by atoms with Gasteiger partial charge in [0.1, 0.15) is 12.4 Å². The van der Waals surface area contributed by atoms with E-state index in [4.69, 9.17) is 14.7 Å². The summed E-state index contributed by atoms with van der Waals surface area (Å²) in [5, 5.41) is 8.46. The van der Waals surface area contributed by atoms with Crippen molar-refractivity contribution in [2.24, 2.45) is 0 Å².